The van der Waals surface area contributed by atoms with Crippen molar-refractivity contribution in [2.75, 3.05) is 25.6 Å². The Morgan fingerprint density at radius 3 is 2.38 bits per heavy atom. The number of halogens is 3. The molecule has 0 heterocycles. The fourth-order valence-corrected chi connectivity index (χ4v) is 2.54. The van der Waals surface area contributed by atoms with E-state index in [0.29, 0.717) is 30.6 Å². The number of anilines is 1. The smallest absolute Gasteiger partial charge is 0.293 e. The Kier molecular flexibility index (Phi) is 6.63. The number of urea groups is 1. The summed E-state index contributed by atoms with van der Waals surface area (Å²) in [5.74, 6) is 0. The third-order valence-corrected chi connectivity index (χ3v) is 3.94. The number of amides is 2. The number of para-hydroxylation sites is 1. The highest BCUT2D eigenvalue weighted by Crippen LogP contribution is 2.29. The van der Waals surface area contributed by atoms with Gasteiger partial charge in [0.05, 0.1) is 12.7 Å². The van der Waals surface area contributed by atoms with E-state index in [2.05, 4.69) is 0 Å². The highest BCUT2D eigenvalue weighted by molar-refractivity contribution is 5.91. The SMILES string of the molecule is CON(C)C(=O)N(CCCc1cccc(C(F)(F)F)c1)c1ccccc1. The summed E-state index contributed by atoms with van der Waals surface area (Å²) in [5, 5.41) is 1.11. The van der Waals surface area contributed by atoms with Gasteiger partial charge in [-0.15, -0.1) is 0 Å². The van der Waals surface area contributed by atoms with Crippen LogP contribution in [0.1, 0.15) is 17.5 Å². The summed E-state index contributed by atoms with van der Waals surface area (Å²) in [6, 6.07) is 14.0. The first-order valence-corrected chi connectivity index (χ1v) is 8.13. The maximum Gasteiger partial charge on any atom is 0.416 e. The van der Waals surface area contributed by atoms with Crippen LogP contribution in [0.2, 0.25) is 0 Å². The zero-order valence-electron chi connectivity index (χ0n) is 14.7. The predicted molar refractivity (Wildman–Crippen MR) is 93.7 cm³/mol. The number of aryl methyl sites for hydroxylation is 1. The van der Waals surface area contributed by atoms with Gasteiger partial charge in [-0.3, -0.25) is 9.74 Å². The van der Waals surface area contributed by atoms with Gasteiger partial charge in [0, 0.05) is 19.3 Å². The predicted octanol–water partition coefficient (Wildman–Crippen LogP) is 4.76. The van der Waals surface area contributed by atoms with E-state index >= 15 is 0 Å². The molecular weight excluding hydrogens is 345 g/mol. The van der Waals surface area contributed by atoms with Gasteiger partial charge in [0.2, 0.25) is 0 Å². The topological polar surface area (TPSA) is 32.8 Å². The van der Waals surface area contributed by atoms with E-state index in [9.17, 15) is 18.0 Å². The fourth-order valence-electron chi connectivity index (χ4n) is 2.54. The normalized spacial score (nSPS) is 11.3. The quantitative estimate of drug-likeness (QED) is 0.691. The van der Waals surface area contributed by atoms with E-state index in [-0.39, 0.29) is 6.03 Å². The maximum atomic E-state index is 12.8. The molecule has 0 aliphatic rings. The van der Waals surface area contributed by atoms with E-state index < -0.39 is 11.7 Å². The molecule has 2 aromatic carbocycles. The zero-order chi connectivity index (χ0) is 19.2. The van der Waals surface area contributed by atoms with Gasteiger partial charge in [0.15, 0.2) is 0 Å². The summed E-state index contributed by atoms with van der Waals surface area (Å²) in [5.41, 5.74) is 0.621. The number of hydroxylamine groups is 2. The summed E-state index contributed by atoms with van der Waals surface area (Å²) in [6.45, 7) is 0.354. The van der Waals surface area contributed by atoms with Crippen molar-refractivity contribution in [1.29, 1.82) is 0 Å². The van der Waals surface area contributed by atoms with Crippen LogP contribution < -0.4 is 4.90 Å². The Balaban J connectivity index is 2.07. The first kappa shape index (κ1) is 19.8. The average molecular weight is 366 g/mol. The number of hydrogen-bond acceptors (Lipinski definition) is 2. The lowest BCUT2D eigenvalue weighted by Crippen LogP contribution is -2.41. The molecular formula is C19H21F3N2O2. The largest absolute Gasteiger partial charge is 0.416 e. The standard InChI is InChI=1S/C19H21F3N2O2/c1-23(26-2)18(25)24(17-11-4-3-5-12-17)13-7-9-15-8-6-10-16(14-15)19(20,21)22/h3-6,8,10-12,14H,7,9,13H2,1-2H3. The summed E-state index contributed by atoms with van der Waals surface area (Å²) in [6.07, 6.45) is -3.42. The lowest BCUT2D eigenvalue weighted by molar-refractivity contribution is -0.137. The van der Waals surface area contributed by atoms with Gasteiger partial charge in [0.1, 0.15) is 0 Å². The van der Waals surface area contributed by atoms with Crippen molar-refractivity contribution in [3.8, 4) is 0 Å². The Bertz CT molecular complexity index is 720. The van der Waals surface area contributed by atoms with Crippen LogP contribution in [-0.4, -0.2) is 31.8 Å². The Morgan fingerprint density at radius 2 is 1.77 bits per heavy atom. The van der Waals surface area contributed by atoms with Crippen molar-refractivity contribution in [3.05, 3.63) is 65.7 Å². The molecule has 0 bridgehead atoms. The van der Waals surface area contributed by atoms with E-state index in [4.69, 9.17) is 4.84 Å². The lowest BCUT2D eigenvalue weighted by atomic mass is 10.1. The molecule has 0 fully saturated rings. The van der Waals surface area contributed by atoms with Crippen LogP contribution in [0, 0.1) is 0 Å². The average Bonchev–Trinajstić information content (AvgIpc) is 2.64. The van der Waals surface area contributed by atoms with Crippen molar-refractivity contribution in [3.63, 3.8) is 0 Å². The second-order valence-corrected chi connectivity index (χ2v) is 5.75. The number of carbonyl (C=O) groups excluding carboxylic acids is 1. The lowest BCUT2D eigenvalue weighted by Gasteiger charge is -2.27. The number of alkyl halides is 3. The molecule has 0 unspecified atom stereocenters. The highest BCUT2D eigenvalue weighted by Gasteiger charge is 2.30. The Hall–Kier alpha value is -2.54. The summed E-state index contributed by atoms with van der Waals surface area (Å²) in [7, 11) is 2.90. The van der Waals surface area contributed by atoms with Crippen LogP contribution in [0.15, 0.2) is 54.6 Å². The van der Waals surface area contributed by atoms with Gasteiger partial charge >= 0.3 is 12.2 Å². The van der Waals surface area contributed by atoms with Crippen LogP contribution in [0.5, 0.6) is 0 Å². The molecule has 0 N–H and O–H groups in total. The summed E-state index contributed by atoms with van der Waals surface area (Å²) >= 11 is 0. The van der Waals surface area contributed by atoms with Crippen LogP contribution in [0.4, 0.5) is 23.7 Å². The minimum atomic E-state index is -4.36. The van der Waals surface area contributed by atoms with Crippen molar-refractivity contribution in [1.82, 2.24) is 5.06 Å². The number of nitrogens with zero attached hydrogens (tertiary/aromatic N) is 2. The van der Waals surface area contributed by atoms with Crippen molar-refractivity contribution < 1.29 is 22.8 Å². The van der Waals surface area contributed by atoms with Gasteiger partial charge < -0.3 is 0 Å². The molecule has 2 rings (SSSR count). The van der Waals surface area contributed by atoms with Crippen molar-refractivity contribution in [2.24, 2.45) is 0 Å². The maximum absolute atomic E-state index is 12.8. The number of benzene rings is 2. The molecule has 2 aromatic rings. The van der Waals surface area contributed by atoms with E-state index in [0.717, 1.165) is 17.2 Å². The van der Waals surface area contributed by atoms with Crippen molar-refractivity contribution >= 4 is 11.7 Å². The molecule has 4 nitrogen and oxygen atoms in total. The second kappa shape index (κ2) is 8.71. The molecule has 0 spiro atoms. The van der Waals surface area contributed by atoms with Crippen molar-refractivity contribution in [2.45, 2.75) is 19.0 Å². The second-order valence-electron chi connectivity index (χ2n) is 5.75. The third-order valence-electron chi connectivity index (χ3n) is 3.94. The van der Waals surface area contributed by atoms with Gasteiger partial charge in [-0.25, -0.2) is 9.86 Å². The molecule has 0 aliphatic heterocycles. The molecule has 0 aromatic heterocycles. The van der Waals surface area contributed by atoms with Gasteiger partial charge in [-0.1, -0.05) is 36.4 Å². The van der Waals surface area contributed by atoms with Crippen LogP contribution in [-0.2, 0) is 17.4 Å². The Labute approximate surface area is 150 Å². The fraction of sp³-hybridized carbons (Fsp3) is 0.316. The summed E-state index contributed by atoms with van der Waals surface area (Å²) < 4.78 is 38.4. The van der Waals surface area contributed by atoms with E-state index in [1.54, 1.807) is 18.2 Å². The minimum absolute atomic E-state index is 0.345. The van der Waals surface area contributed by atoms with Crippen LogP contribution >= 0.6 is 0 Å². The zero-order valence-corrected chi connectivity index (χ0v) is 14.7. The first-order chi connectivity index (χ1) is 12.3. The molecule has 0 atom stereocenters. The number of hydrogen-bond donors (Lipinski definition) is 0. The highest BCUT2D eigenvalue weighted by atomic mass is 19.4. The molecule has 7 heteroatoms. The molecule has 0 radical (unpaired) electrons. The van der Waals surface area contributed by atoms with Gasteiger partial charge in [-0.2, -0.15) is 13.2 Å². The number of carbonyl (C=O) groups is 1. The van der Waals surface area contributed by atoms with Crippen LogP contribution in [0.25, 0.3) is 0 Å². The van der Waals surface area contributed by atoms with Gasteiger partial charge in [-0.05, 0) is 36.6 Å². The third kappa shape index (κ3) is 5.23. The molecule has 140 valence electrons. The monoisotopic (exact) mass is 366 g/mol. The molecule has 0 saturated heterocycles. The Morgan fingerprint density at radius 1 is 1.08 bits per heavy atom. The van der Waals surface area contributed by atoms with Gasteiger partial charge in [0.25, 0.3) is 0 Å². The summed E-state index contributed by atoms with van der Waals surface area (Å²) in [4.78, 5) is 19.0. The number of rotatable bonds is 6. The molecule has 26 heavy (non-hydrogen) atoms. The van der Waals surface area contributed by atoms with E-state index in [1.165, 1.54) is 25.1 Å². The molecule has 0 saturated carbocycles. The van der Waals surface area contributed by atoms with E-state index in [1.807, 2.05) is 18.2 Å². The first-order valence-electron chi connectivity index (χ1n) is 8.13. The molecule has 2 amide bonds. The molecule has 0 aliphatic carbocycles. The minimum Gasteiger partial charge on any atom is -0.293 e. The van der Waals surface area contributed by atoms with Crippen LogP contribution in [0.3, 0.4) is 0 Å².